The third-order valence-electron chi connectivity index (χ3n) is 5.34. The van der Waals surface area contributed by atoms with Crippen LogP contribution in [0.1, 0.15) is 28.7 Å². The highest BCUT2D eigenvalue weighted by atomic mass is 32.1. The minimum Gasteiger partial charge on any atom is -0.483 e. The Hall–Kier alpha value is -2.62. The molecule has 7 nitrogen and oxygen atoms in total. The molecule has 1 saturated heterocycles. The standard InChI is InChI=1S/C11H16N2.C10H9NS.C4H9NO.CH2O2/c1-12-7-9-2-3-11-8-13-5-4-10(11)6-9;1-8-2-4-9(5-3-8)10-6-11-7-12-10;6-4-1-2-5-3-4;2-1-3/h2-3,6,12-13H,4-5,7-8H2,1H3;2-7H,1H3;4-6H,1-3H2;1H,(H,2,3). The van der Waals surface area contributed by atoms with Gasteiger partial charge in [0.1, 0.15) is 0 Å². The van der Waals surface area contributed by atoms with Crippen molar-refractivity contribution in [2.45, 2.75) is 39.0 Å². The Morgan fingerprint density at radius 2 is 1.91 bits per heavy atom. The van der Waals surface area contributed by atoms with Gasteiger partial charge in [-0.25, -0.2) is 0 Å². The van der Waals surface area contributed by atoms with Crippen molar-refractivity contribution in [1.82, 2.24) is 20.9 Å². The number of aliphatic hydroxyl groups is 1. The summed E-state index contributed by atoms with van der Waals surface area (Å²) in [5.41, 5.74) is 8.78. The number of aliphatic hydroxyl groups excluding tert-OH is 1. The van der Waals surface area contributed by atoms with Crippen LogP contribution >= 0.6 is 11.3 Å². The second kappa shape index (κ2) is 16.1. The zero-order valence-electron chi connectivity index (χ0n) is 20.0. The van der Waals surface area contributed by atoms with Gasteiger partial charge in [-0.1, -0.05) is 48.0 Å². The summed E-state index contributed by atoms with van der Waals surface area (Å²) in [6, 6.07) is 15.3. The minimum atomic E-state index is -0.250. The first-order valence-electron chi connectivity index (χ1n) is 11.5. The highest BCUT2D eigenvalue weighted by Gasteiger charge is 2.08. The predicted octanol–water partition coefficient (Wildman–Crippen LogP) is 3.21. The van der Waals surface area contributed by atoms with Gasteiger partial charge < -0.3 is 26.2 Å². The normalized spacial score (nSPS) is 15.9. The van der Waals surface area contributed by atoms with E-state index < -0.39 is 0 Å². The van der Waals surface area contributed by atoms with E-state index in [4.69, 9.17) is 15.0 Å². The monoisotopic (exact) mass is 484 g/mol. The quantitative estimate of drug-likeness (QED) is 0.364. The summed E-state index contributed by atoms with van der Waals surface area (Å²) in [6.45, 7) is 6.75. The minimum absolute atomic E-state index is 0.0648. The first-order chi connectivity index (χ1) is 16.6. The number of carbonyl (C=O) groups is 1. The molecular weight excluding hydrogens is 448 g/mol. The summed E-state index contributed by atoms with van der Waals surface area (Å²) in [5, 5.41) is 25.1. The molecule has 1 atom stereocenters. The van der Waals surface area contributed by atoms with Crippen molar-refractivity contribution in [1.29, 1.82) is 0 Å². The SMILES string of the molecule is CNCc1ccc2c(c1)CCNC2.Cc1ccc(-c2cncs2)cc1.O=CO.OC1CCNC1. The van der Waals surface area contributed by atoms with E-state index in [1.165, 1.54) is 39.1 Å². The van der Waals surface area contributed by atoms with E-state index >= 15 is 0 Å². The molecule has 0 spiro atoms. The highest BCUT2D eigenvalue weighted by molar-refractivity contribution is 7.13. The largest absolute Gasteiger partial charge is 0.483 e. The van der Waals surface area contributed by atoms with Gasteiger partial charge in [-0.2, -0.15) is 0 Å². The predicted molar refractivity (Wildman–Crippen MR) is 139 cm³/mol. The Morgan fingerprint density at radius 3 is 2.47 bits per heavy atom. The number of aryl methyl sites for hydroxylation is 1. The molecule has 5 rings (SSSR count). The molecule has 1 fully saturated rings. The molecule has 5 N–H and O–H groups in total. The van der Waals surface area contributed by atoms with Crippen LogP contribution in [0.25, 0.3) is 10.4 Å². The van der Waals surface area contributed by atoms with Crippen LogP contribution in [0.5, 0.6) is 0 Å². The van der Waals surface area contributed by atoms with E-state index in [0.29, 0.717) is 0 Å². The van der Waals surface area contributed by atoms with Crippen LogP contribution < -0.4 is 16.0 Å². The second-order valence-corrected chi connectivity index (χ2v) is 8.93. The molecule has 2 aliphatic heterocycles. The molecular formula is C26H36N4O3S. The van der Waals surface area contributed by atoms with E-state index in [0.717, 1.165) is 39.1 Å². The fraction of sp³-hybridized carbons (Fsp3) is 0.385. The van der Waals surface area contributed by atoms with Crippen LogP contribution in [0.15, 0.2) is 54.2 Å². The van der Waals surface area contributed by atoms with E-state index in [9.17, 15) is 0 Å². The van der Waals surface area contributed by atoms with Crippen molar-refractivity contribution < 1.29 is 15.0 Å². The van der Waals surface area contributed by atoms with Gasteiger partial charge in [0, 0.05) is 25.8 Å². The van der Waals surface area contributed by atoms with Crippen molar-refractivity contribution in [3.8, 4) is 10.4 Å². The van der Waals surface area contributed by atoms with Gasteiger partial charge in [-0.15, -0.1) is 11.3 Å². The first-order valence-corrected chi connectivity index (χ1v) is 12.3. The van der Waals surface area contributed by atoms with Gasteiger partial charge >= 0.3 is 0 Å². The number of carboxylic acid groups (broad SMARTS) is 1. The topological polar surface area (TPSA) is 107 Å². The fourth-order valence-corrected chi connectivity index (χ4v) is 4.19. The Morgan fingerprint density at radius 1 is 1.15 bits per heavy atom. The second-order valence-electron chi connectivity index (χ2n) is 8.04. The molecule has 0 saturated carbocycles. The van der Waals surface area contributed by atoms with E-state index in [1.807, 2.05) is 18.8 Å². The number of hydrogen-bond acceptors (Lipinski definition) is 7. The molecule has 2 aliphatic rings. The Balaban J connectivity index is 0.000000179. The Labute approximate surface area is 206 Å². The van der Waals surface area contributed by atoms with Gasteiger partial charge in [0.25, 0.3) is 6.47 Å². The molecule has 1 unspecified atom stereocenters. The molecule has 0 bridgehead atoms. The number of thiazole rings is 1. The number of fused-ring (bicyclic) bond motifs is 1. The van der Waals surface area contributed by atoms with Crippen molar-refractivity contribution >= 4 is 17.8 Å². The van der Waals surface area contributed by atoms with E-state index in [1.54, 1.807) is 11.3 Å². The summed E-state index contributed by atoms with van der Waals surface area (Å²) in [7, 11) is 1.99. The number of aromatic nitrogens is 1. The number of benzene rings is 2. The zero-order chi connectivity index (χ0) is 24.6. The van der Waals surface area contributed by atoms with Gasteiger partial charge in [-0.05, 0) is 62.2 Å². The third-order valence-corrected chi connectivity index (χ3v) is 6.16. The van der Waals surface area contributed by atoms with E-state index in [-0.39, 0.29) is 12.6 Å². The smallest absolute Gasteiger partial charge is 0.290 e. The lowest BCUT2D eigenvalue weighted by Crippen LogP contribution is -2.23. The number of rotatable bonds is 3. The van der Waals surface area contributed by atoms with Gasteiger partial charge in [0.2, 0.25) is 0 Å². The van der Waals surface area contributed by atoms with Crippen LogP contribution in [0.3, 0.4) is 0 Å². The highest BCUT2D eigenvalue weighted by Crippen LogP contribution is 2.22. The number of β-amino-alcohol motifs (C(OH)–C–C–N with tert-alkyl or cyclic N) is 1. The van der Waals surface area contributed by atoms with Gasteiger partial charge in [-0.3, -0.25) is 9.78 Å². The lowest BCUT2D eigenvalue weighted by atomic mass is 9.98. The lowest BCUT2D eigenvalue weighted by Gasteiger charge is -2.17. The Bertz CT molecular complexity index is 943. The van der Waals surface area contributed by atoms with Crippen LogP contribution in [0, 0.1) is 6.92 Å². The molecule has 184 valence electrons. The number of nitrogens with zero attached hydrogens (tertiary/aromatic N) is 1. The summed E-state index contributed by atoms with van der Waals surface area (Å²) >= 11 is 1.67. The lowest BCUT2D eigenvalue weighted by molar-refractivity contribution is -0.122. The summed E-state index contributed by atoms with van der Waals surface area (Å²) in [4.78, 5) is 13.6. The summed E-state index contributed by atoms with van der Waals surface area (Å²) < 4.78 is 0. The molecule has 8 heteroatoms. The maximum absolute atomic E-state index is 8.67. The summed E-state index contributed by atoms with van der Waals surface area (Å²) in [5.74, 6) is 0. The summed E-state index contributed by atoms with van der Waals surface area (Å²) in [6.07, 6.45) is 3.94. The fourth-order valence-electron chi connectivity index (χ4n) is 3.56. The number of hydrogen-bond donors (Lipinski definition) is 5. The van der Waals surface area contributed by atoms with Crippen molar-refractivity contribution in [3.63, 3.8) is 0 Å². The molecule has 3 aromatic rings. The first kappa shape index (κ1) is 27.6. The van der Waals surface area contributed by atoms with Crippen LogP contribution in [-0.2, 0) is 24.3 Å². The van der Waals surface area contributed by atoms with Gasteiger partial charge in [0.05, 0.1) is 16.5 Å². The van der Waals surface area contributed by atoms with Gasteiger partial charge in [0.15, 0.2) is 0 Å². The van der Waals surface area contributed by atoms with Crippen LogP contribution in [-0.4, -0.2) is 54.5 Å². The van der Waals surface area contributed by atoms with Crippen molar-refractivity contribution in [3.05, 3.63) is 76.4 Å². The average Bonchev–Trinajstić information content (AvgIpc) is 3.56. The van der Waals surface area contributed by atoms with Crippen molar-refractivity contribution in [2.24, 2.45) is 0 Å². The molecule has 0 aliphatic carbocycles. The van der Waals surface area contributed by atoms with E-state index in [2.05, 4.69) is 70.3 Å². The number of nitrogens with one attached hydrogen (secondary N) is 3. The van der Waals surface area contributed by atoms with Crippen LogP contribution in [0.4, 0.5) is 0 Å². The molecule has 3 heterocycles. The zero-order valence-corrected chi connectivity index (χ0v) is 20.8. The third kappa shape index (κ3) is 10.1. The Kier molecular flexibility index (Phi) is 13.1. The molecule has 1 aromatic heterocycles. The molecule has 34 heavy (non-hydrogen) atoms. The molecule has 2 aromatic carbocycles. The molecule has 0 radical (unpaired) electrons. The maximum Gasteiger partial charge on any atom is 0.290 e. The molecule has 0 amide bonds. The van der Waals surface area contributed by atoms with Crippen LogP contribution in [0.2, 0.25) is 0 Å². The van der Waals surface area contributed by atoms with Crippen molar-refractivity contribution in [2.75, 3.05) is 26.7 Å². The average molecular weight is 485 g/mol. The maximum atomic E-state index is 8.67.